The van der Waals surface area contributed by atoms with Crippen LogP contribution < -0.4 is 10.1 Å². The van der Waals surface area contributed by atoms with Crippen LogP contribution in [0, 0.1) is 19.8 Å². The number of amides is 1. The van der Waals surface area contributed by atoms with Crippen LogP contribution in [0.5, 0.6) is 5.75 Å². The molecule has 0 aromatic heterocycles. The van der Waals surface area contributed by atoms with Gasteiger partial charge in [-0.25, -0.2) is 0 Å². The highest BCUT2D eigenvalue weighted by atomic mass is 16.5. The van der Waals surface area contributed by atoms with Crippen molar-refractivity contribution in [3.63, 3.8) is 0 Å². The molecule has 2 rings (SSSR count). The van der Waals surface area contributed by atoms with Crippen LogP contribution >= 0.6 is 0 Å². The van der Waals surface area contributed by atoms with E-state index in [2.05, 4.69) is 11.4 Å². The summed E-state index contributed by atoms with van der Waals surface area (Å²) in [5, 5.41) is 2.98. The second kappa shape index (κ2) is 4.78. The molecule has 0 aliphatic heterocycles. The van der Waals surface area contributed by atoms with Crippen molar-refractivity contribution >= 4 is 11.6 Å². The number of aryl methyl sites for hydroxylation is 2. The molecule has 0 saturated heterocycles. The Morgan fingerprint density at radius 3 is 2.59 bits per heavy atom. The molecule has 1 fully saturated rings. The average Bonchev–Trinajstić information content (AvgIpc) is 2.13. The third-order valence-corrected chi connectivity index (χ3v) is 3.36. The normalized spacial score (nSPS) is 15.2. The number of carbonyl (C=O) groups is 1. The van der Waals surface area contributed by atoms with Crippen molar-refractivity contribution in [2.45, 2.75) is 33.1 Å². The van der Waals surface area contributed by atoms with Crippen LogP contribution in [0.1, 0.15) is 30.4 Å². The van der Waals surface area contributed by atoms with Crippen LogP contribution in [0.15, 0.2) is 12.1 Å². The lowest BCUT2D eigenvalue weighted by molar-refractivity contribution is -0.122. The van der Waals surface area contributed by atoms with Gasteiger partial charge < -0.3 is 10.1 Å². The van der Waals surface area contributed by atoms with E-state index in [1.54, 1.807) is 7.11 Å². The highest BCUT2D eigenvalue weighted by Gasteiger charge is 2.26. The fourth-order valence-corrected chi connectivity index (χ4v) is 2.22. The molecule has 3 nitrogen and oxygen atoms in total. The van der Waals surface area contributed by atoms with Gasteiger partial charge in [-0.3, -0.25) is 4.79 Å². The van der Waals surface area contributed by atoms with Gasteiger partial charge in [0.15, 0.2) is 0 Å². The zero-order valence-corrected chi connectivity index (χ0v) is 10.7. The first-order chi connectivity index (χ1) is 8.11. The summed E-state index contributed by atoms with van der Waals surface area (Å²) in [6, 6.07) is 4.01. The SMILES string of the molecule is COc1c(C)cc(C)cc1NC(=O)C1CCC1. The Hall–Kier alpha value is -1.51. The van der Waals surface area contributed by atoms with Gasteiger partial charge in [0, 0.05) is 5.92 Å². The summed E-state index contributed by atoms with van der Waals surface area (Å²) in [6.45, 7) is 4.01. The van der Waals surface area contributed by atoms with Crippen molar-refractivity contribution in [3.8, 4) is 5.75 Å². The van der Waals surface area contributed by atoms with Crippen molar-refractivity contribution in [1.29, 1.82) is 0 Å². The molecule has 17 heavy (non-hydrogen) atoms. The molecule has 1 aliphatic carbocycles. The lowest BCUT2D eigenvalue weighted by atomic mass is 9.85. The number of hydrogen-bond acceptors (Lipinski definition) is 2. The molecule has 1 aromatic carbocycles. The summed E-state index contributed by atoms with van der Waals surface area (Å²) in [4.78, 5) is 11.9. The van der Waals surface area contributed by atoms with Crippen LogP contribution in [0.4, 0.5) is 5.69 Å². The van der Waals surface area contributed by atoms with E-state index < -0.39 is 0 Å². The number of ether oxygens (including phenoxy) is 1. The van der Waals surface area contributed by atoms with Crippen LogP contribution in [-0.4, -0.2) is 13.0 Å². The highest BCUT2D eigenvalue weighted by Crippen LogP contribution is 2.32. The number of nitrogens with one attached hydrogen (secondary N) is 1. The minimum atomic E-state index is 0.125. The third-order valence-electron chi connectivity index (χ3n) is 3.36. The summed E-state index contributed by atoms with van der Waals surface area (Å²) < 4.78 is 5.35. The summed E-state index contributed by atoms with van der Waals surface area (Å²) in [7, 11) is 1.64. The lowest BCUT2D eigenvalue weighted by Gasteiger charge is -2.25. The predicted octanol–water partition coefficient (Wildman–Crippen LogP) is 3.05. The maximum absolute atomic E-state index is 11.9. The molecule has 1 aliphatic rings. The van der Waals surface area contributed by atoms with E-state index in [4.69, 9.17) is 4.74 Å². The Labute approximate surface area is 102 Å². The van der Waals surface area contributed by atoms with Gasteiger partial charge in [-0.1, -0.05) is 12.5 Å². The standard InChI is InChI=1S/C14H19NO2/c1-9-7-10(2)13(17-3)12(8-9)15-14(16)11-5-4-6-11/h7-8,11H,4-6H2,1-3H3,(H,15,16). The van der Waals surface area contributed by atoms with E-state index in [-0.39, 0.29) is 11.8 Å². The maximum Gasteiger partial charge on any atom is 0.227 e. The number of benzene rings is 1. The van der Waals surface area contributed by atoms with Crippen molar-refractivity contribution in [2.24, 2.45) is 5.92 Å². The first-order valence-corrected chi connectivity index (χ1v) is 6.08. The molecule has 1 amide bonds. The highest BCUT2D eigenvalue weighted by molar-refractivity contribution is 5.94. The van der Waals surface area contributed by atoms with Crippen molar-refractivity contribution in [3.05, 3.63) is 23.3 Å². The van der Waals surface area contributed by atoms with Gasteiger partial charge in [-0.15, -0.1) is 0 Å². The monoisotopic (exact) mass is 233 g/mol. The molecule has 0 spiro atoms. The van der Waals surface area contributed by atoms with Crippen molar-refractivity contribution < 1.29 is 9.53 Å². The Kier molecular flexibility index (Phi) is 3.36. The van der Waals surface area contributed by atoms with Crippen LogP contribution in [0.25, 0.3) is 0 Å². The largest absolute Gasteiger partial charge is 0.494 e. The molecule has 0 heterocycles. The van der Waals surface area contributed by atoms with Crippen LogP contribution in [-0.2, 0) is 4.79 Å². The molecule has 0 radical (unpaired) electrons. The third kappa shape index (κ3) is 2.43. The predicted molar refractivity (Wildman–Crippen MR) is 68.4 cm³/mol. The molecule has 92 valence electrons. The maximum atomic E-state index is 11.9. The van der Waals surface area contributed by atoms with Crippen molar-refractivity contribution in [2.75, 3.05) is 12.4 Å². The topological polar surface area (TPSA) is 38.3 Å². The fourth-order valence-electron chi connectivity index (χ4n) is 2.22. The molecular formula is C14H19NO2. The number of hydrogen-bond donors (Lipinski definition) is 1. The van der Waals surface area contributed by atoms with E-state index in [1.165, 1.54) is 6.42 Å². The van der Waals surface area contributed by atoms with E-state index in [0.717, 1.165) is 35.4 Å². The molecular weight excluding hydrogens is 214 g/mol. The number of carbonyl (C=O) groups excluding carboxylic acids is 1. The quantitative estimate of drug-likeness (QED) is 0.871. The van der Waals surface area contributed by atoms with Gasteiger partial charge >= 0.3 is 0 Å². The number of methoxy groups -OCH3 is 1. The van der Waals surface area contributed by atoms with E-state index in [0.29, 0.717) is 0 Å². The minimum absolute atomic E-state index is 0.125. The lowest BCUT2D eigenvalue weighted by Crippen LogP contribution is -2.28. The van der Waals surface area contributed by atoms with E-state index >= 15 is 0 Å². The van der Waals surface area contributed by atoms with E-state index in [1.807, 2.05) is 19.9 Å². The summed E-state index contributed by atoms with van der Waals surface area (Å²) >= 11 is 0. The van der Waals surface area contributed by atoms with Crippen LogP contribution in [0.2, 0.25) is 0 Å². The van der Waals surface area contributed by atoms with Gasteiger partial charge in [-0.2, -0.15) is 0 Å². The molecule has 1 aromatic rings. The molecule has 0 unspecified atom stereocenters. The van der Waals surface area contributed by atoms with Gasteiger partial charge in [-0.05, 0) is 43.9 Å². The Morgan fingerprint density at radius 2 is 2.06 bits per heavy atom. The second-order valence-electron chi connectivity index (χ2n) is 4.78. The van der Waals surface area contributed by atoms with Gasteiger partial charge in [0.1, 0.15) is 5.75 Å². The Bertz CT molecular complexity index is 436. The summed E-state index contributed by atoms with van der Waals surface area (Å²) in [5.41, 5.74) is 2.98. The van der Waals surface area contributed by atoms with Gasteiger partial charge in [0.2, 0.25) is 5.91 Å². The summed E-state index contributed by atoms with van der Waals surface area (Å²) in [5.74, 6) is 1.09. The number of rotatable bonds is 3. The van der Waals surface area contributed by atoms with Crippen molar-refractivity contribution in [1.82, 2.24) is 0 Å². The minimum Gasteiger partial charge on any atom is -0.494 e. The average molecular weight is 233 g/mol. The number of anilines is 1. The Balaban J connectivity index is 2.21. The second-order valence-corrected chi connectivity index (χ2v) is 4.78. The summed E-state index contributed by atoms with van der Waals surface area (Å²) in [6.07, 6.45) is 3.19. The fraction of sp³-hybridized carbons (Fsp3) is 0.500. The zero-order valence-electron chi connectivity index (χ0n) is 10.7. The smallest absolute Gasteiger partial charge is 0.227 e. The first kappa shape index (κ1) is 12.0. The van der Waals surface area contributed by atoms with Crippen LogP contribution in [0.3, 0.4) is 0 Å². The molecule has 3 heteroatoms. The molecule has 1 saturated carbocycles. The van der Waals surface area contributed by atoms with Gasteiger partial charge in [0.05, 0.1) is 12.8 Å². The first-order valence-electron chi connectivity index (χ1n) is 6.08. The van der Waals surface area contributed by atoms with E-state index in [9.17, 15) is 4.79 Å². The Morgan fingerprint density at radius 1 is 1.35 bits per heavy atom. The van der Waals surface area contributed by atoms with Gasteiger partial charge in [0.25, 0.3) is 0 Å². The zero-order chi connectivity index (χ0) is 12.4. The molecule has 0 bridgehead atoms. The molecule has 1 N–H and O–H groups in total. The molecule has 0 atom stereocenters.